The van der Waals surface area contributed by atoms with E-state index in [0.717, 1.165) is 110 Å². The molecule has 0 aliphatic carbocycles. The number of aromatic hydroxyl groups is 1. The molecule has 3 aliphatic heterocycles. The number of carbonyl (C=O) groups is 4. The van der Waals surface area contributed by atoms with Gasteiger partial charge in [0.05, 0.1) is 34.8 Å². The molecule has 3 saturated heterocycles. The number of rotatable bonds is 22. The van der Waals surface area contributed by atoms with Crippen molar-refractivity contribution >= 4 is 52.2 Å². The number of nitrogens with one attached hydrogen (secondary N) is 2. The predicted molar refractivity (Wildman–Crippen MR) is 307 cm³/mol. The highest BCUT2D eigenvalue weighted by Crippen LogP contribution is 2.34. The standard InChI is InChI=1S/C60H80N10O7S/c1-40(42-22-24-43(25-23-42)55-41(2)62-39-78-55)63-58(75)50-35-46(71)37-70(50)59(76)56(60(3,4)5)64-53(73)20-12-10-8-6-7-9-11-13-21-54(74)68-33-31-67(32-34-68)44-26-28-45(29-27-44)69-30-16-17-47(38-69)77-52-36-49(65-66-57(52)61)48-18-14-15-19-51(48)72/h14-15,18-19,22-29,36,39-40,46-47,50,56,71-72H,6-13,16-17,20-21,30-35,37-38H2,1-5H3,(H2,61,66)(H,63,75)(H,64,73)/t40?,46-,47?,50+,56?/m1/s1. The number of aryl methyl sites for hydroxylation is 1. The average Bonchev–Trinajstić information content (AvgIpc) is 4.06. The minimum absolute atomic E-state index is 0.0268. The Morgan fingerprint density at radius 1 is 0.808 bits per heavy atom. The summed E-state index contributed by atoms with van der Waals surface area (Å²) in [7, 11) is 0. The Balaban J connectivity index is 0.677. The maximum atomic E-state index is 14.1. The third-order valence-corrected chi connectivity index (χ3v) is 16.4. The van der Waals surface area contributed by atoms with Gasteiger partial charge in [-0.05, 0) is 92.5 Å². The van der Waals surface area contributed by atoms with Crippen molar-refractivity contribution in [1.29, 1.82) is 0 Å². The molecule has 5 heterocycles. The highest BCUT2D eigenvalue weighted by Gasteiger charge is 2.45. The monoisotopic (exact) mass is 1080 g/mol. The number of aromatic nitrogens is 3. The zero-order chi connectivity index (χ0) is 55.3. The van der Waals surface area contributed by atoms with Gasteiger partial charge < -0.3 is 50.9 Å². The van der Waals surface area contributed by atoms with Crippen molar-refractivity contribution in [1.82, 2.24) is 35.6 Å². The lowest BCUT2D eigenvalue weighted by molar-refractivity contribution is -0.144. The molecule has 18 heteroatoms. The molecule has 2 aromatic heterocycles. The normalized spacial score (nSPS) is 18.6. The number of aliphatic hydroxyl groups is 1. The first-order valence-corrected chi connectivity index (χ1v) is 28.9. The summed E-state index contributed by atoms with van der Waals surface area (Å²) in [6, 6.07) is 23.4. The second kappa shape index (κ2) is 26.7. The van der Waals surface area contributed by atoms with E-state index < -0.39 is 23.6 Å². The summed E-state index contributed by atoms with van der Waals surface area (Å²) >= 11 is 1.59. The number of aliphatic hydroxyl groups excluding tert-OH is 1. The van der Waals surface area contributed by atoms with Crippen LogP contribution >= 0.6 is 11.3 Å². The zero-order valence-electron chi connectivity index (χ0n) is 46.2. The number of piperidine rings is 1. The van der Waals surface area contributed by atoms with Gasteiger partial charge in [-0.25, -0.2) is 4.98 Å². The van der Waals surface area contributed by atoms with Crippen molar-refractivity contribution in [3.8, 4) is 33.2 Å². The van der Waals surface area contributed by atoms with Crippen LogP contribution in [0, 0.1) is 12.3 Å². The molecule has 3 aromatic carbocycles. The molecule has 3 fully saturated rings. The number of unbranched alkanes of at least 4 members (excludes halogenated alkanes) is 7. The SMILES string of the molecule is Cc1ncsc1-c1ccc(C(C)NC(=O)[C@@H]2C[C@@H](O)CN2C(=O)C(NC(=O)CCCCCCCCCCC(=O)N2CCN(c3ccc(N4CCCC(Oc5cc(-c6ccccc6O)nnc5N)C4)cc3)CC2)C(C)(C)C)cc1. The summed E-state index contributed by atoms with van der Waals surface area (Å²) in [6.07, 6.45) is 9.67. The van der Waals surface area contributed by atoms with Crippen LogP contribution in [0.1, 0.15) is 128 Å². The lowest BCUT2D eigenvalue weighted by Gasteiger charge is -2.37. The predicted octanol–water partition coefficient (Wildman–Crippen LogP) is 8.83. The van der Waals surface area contributed by atoms with Crippen LogP contribution < -0.4 is 30.9 Å². The summed E-state index contributed by atoms with van der Waals surface area (Å²) < 4.78 is 6.39. The smallest absolute Gasteiger partial charge is 0.246 e. The molecule has 5 atom stereocenters. The van der Waals surface area contributed by atoms with E-state index in [1.165, 1.54) is 4.90 Å². The number of anilines is 3. The summed E-state index contributed by atoms with van der Waals surface area (Å²) in [5.74, 6) is 0.134. The summed E-state index contributed by atoms with van der Waals surface area (Å²) in [5, 5.41) is 35.3. The molecule has 4 amide bonds. The lowest BCUT2D eigenvalue weighted by Crippen LogP contribution is -2.57. The van der Waals surface area contributed by atoms with E-state index in [1.54, 1.807) is 35.6 Å². The van der Waals surface area contributed by atoms with Gasteiger partial charge >= 0.3 is 0 Å². The summed E-state index contributed by atoms with van der Waals surface area (Å²) in [5.41, 5.74) is 13.7. The maximum Gasteiger partial charge on any atom is 0.246 e. The number of benzene rings is 3. The van der Waals surface area contributed by atoms with Gasteiger partial charge in [0.25, 0.3) is 0 Å². The van der Waals surface area contributed by atoms with Crippen LogP contribution in [0.5, 0.6) is 11.5 Å². The van der Waals surface area contributed by atoms with E-state index in [-0.39, 0.29) is 60.3 Å². The van der Waals surface area contributed by atoms with Crippen molar-refractivity contribution in [3.05, 3.63) is 95.6 Å². The second-order valence-corrected chi connectivity index (χ2v) is 23.3. The molecule has 3 unspecified atom stereocenters. The lowest BCUT2D eigenvalue weighted by atomic mass is 9.85. The number of para-hydroxylation sites is 1. The van der Waals surface area contributed by atoms with Gasteiger partial charge in [-0.2, -0.15) is 0 Å². The molecular formula is C60H80N10O7S. The number of nitrogens with zero attached hydrogens (tertiary/aromatic N) is 7. The number of piperazine rings is 1. The van der Waals surface area contributed by atoms with Crippen LogP contribution in [0.2, 0.25) is 0 Å². The van der Waals surface area contributed by atoms with Gasteiger partial charge in [-0.3, -0.25) is 19.2 Å². The maximum absolute atomic E-state index is 14.1. The van der Waals surface area contributed by atoms with Gasteiger partial charge in [0.15, 0.2) is 11.6 Å². The third kappa shape index (κ3) is 15.1. The Kier molecular flexibility index (Phi) is 19.7. The molecule has 0 radical (unpaired) electrons. The Hall–Kier alpha value is -6.79. The van der Waals surface area contributed by atoms with E-state index in [0.29, 0.717) is 55.9 Å². The number of ether oxygens (including phenoxy) is 1. The van der Waals surface area contributed by atoms with Crippen LogP contribution in [0.3, 0.4) is 0 Å². The minimum Gasteiger partial charge on any atom is -0.507 e. The van der Waals surface area contributed by atoms with Gasteiger partial charge in [0.1, 0.15) is 29.6 Å². The van der Waals surface area contributed by atoms with E-state index in [2.05, 4.69) is 59.9 Å². The largest absolute Gasteiger partial charge is 0.507 e. The highest BCUT2D eigenvalue weighted by molar-refractivity contribution is 7.13. The quantitative estimate of drug-likeness (QED) is 0.0410. The Morgan fingerprint density at radius 2 is 1.46 bits per heavy atom. The number of β-amino-alcohol motifs (C(OH)–C–C–N with tert-alkyl or cyclic N) is 1. The first-order chi connectivity index (χ1) is 37.5. The van der Waals surface area contributed by atoms with Gasteiger partial charge in [-0.1, -0.05) is 95.7 Å². The number of likely N-dealkylation sites (tertiary alicyclic amines) is 1. The number of amides is 4. The number of thiazole rings is 1. The first kappa shape index (κ1) is 57.4. The van der Waals surface area contributed by atoms with Crippen LogP contribution in [0.15, 0.2) is 84.4 Å². The van der Waals surface area contributed by atoms with Crippen LogP contribution in [0.4, 0.5) is 17.2 Å². The van der Waals surface area contributed by atoms with Crippen molar-refractivity contribution in [2.75, 3.05) is 61.3 Å². The molecule has 0 spiro atoms. The van der Waals surface area contributed by atoms with E-state index in [1.807, 2.05) is 75.4 Å². The van der Waals surface area contributed by atoms with Crippen LogP contribution in [0.25, 0.3) is 21.7 Å². The average molecular weight is 1090 g/mol. The van der Waals surface area contributed by atoms with Gasteiger partial charge in [0.2, 0.25) is 23.6 Å². The molecule has 3 aliphatic rings. The molecule has 5 aromatic rings. The number of hydrogen-bond acceptors (Lipinski definition) is 14. The number of nitrogen functional groups attached to an aromatic ring is 1. The molecule has 418 valence electrons. The van der Waals surface area contributed by atoms with Crippen molar-refractivity contribution in [3.63, 3.8) is 0 Å². The summed E-state index contributed by atoms with van der Waals surface area (Å²) in [6.45, 7) is 14.2. The molecule has 6 N–H and O–H groups in total. The number of phenols is 1. The Morgan fingerprint density at radius 3 is 2.12 bits per heavy atom. The summed E-state index contributed by atoms with van der Waals surface area (Å²) in [4.78, 5) is 67.8. The molecule has 0 bridgehead atoms. The van der Waals surface area contributed by atoms with Crippen molar-refractivity contribution < 1.29 is 34.1 Å². The molecule has 0 saturated carbocycles. The van der Waals surface area contributed by atoms with Gasteiger partial charge in [0, 0.05) is 81.5 Å². The molecule has 78 heavy (non-hydrogen) atoms. The topological polar surface area (TPSA) is 220 Å². The number of phenolic OH excluding ortho intramolecular Hbond substituents is 1. The third-order valence-electron chi connectivity index (χ3n) is 15.5. The highest BCUT2D eigenvalue weighted by atomic mass is 32.1. The van der Waals surface area contributed by atoms with Crippen LogP contribution in [-0.4, -0.2) is 129 Å². The fourth-order valence-electron chi connectivity index (χ4n) is 10.9. The Labute approximate surface area is 464 Å². The molecular weight excluding hydrogens is 1000 g/mol. The number of nitrogens with two attached hydrogens (primary N) is 1. The molecule has 17 nitrogen and oxygen atoms in total. The molecule has 8 rings (SSSR count). The van der Waals surface area contributed by atoms with E-state index >= 15 is 0 Å². The van der Waals surface area contributed by atoms with E-state index in [4.69, 9.17) is 10.5 Å². The first-order valence-electron chi connectivity index (χ1n) is 28.1. The minimum atomic E-state index is -0.858. The van der Waals surface area contributed by atoms with Gasteiger partial charge in [-0.15, -0.1) is 21.5 Å². The zero-order valence-corrected chi connectivity index (χ0v) is 47.0. The fourth-order valence-corrected chi connectivity index (χ4v) is 11.7. The van der Waals surface area contributed by atoms with Crippen molar-refractivity contribution in [2.45, 2.75) is 148 Å². The second-order valence-electron chi connectivity index (χ2n) is 22.4. The van der Waals surface area contributed by atoms with Crippen molar-refractivity contribution in [2.24, 2.45) is 5.41 Å². The number of hydrogen-bond donors (Lipinski definition) is 5. The number of carbonyl (C=O) groups excluding carboxylic acids is 4. The fraction of sp³-hybridized carbons (Fsp3) is 0.517. The van der Waals surface area contributed by atoms with Crippen LogP contribution in [-0.2, 0) is 19.2 Å². The Bertz CT molecular complexity index is 2800. The van der Waals surface area contributed by atoms with E-state index in [9.17, 15) is 29.4 Å².